The molecule has 0 bridgehead atoms. The summed E-state index contributed by atoms with van der Waals surface area (Å²) in [6.45, 7) is 0.464. The minimum atomic E-state index is -0.864. The predicted octanol–water partition coefficient (Wildman–Crippen LogP) is 0.521. The highest BCUT2D eigenvalue weighted by molar-refractivity contribution is 5.96. The average molecular weight is 291 g/mol. The number of anilines is 1. The van der Waals surface area contributed by atoms with Crippen molar-refractivity contribution in [2.45, 2.75) is 12.3 Å². The monoisotopic (exact) mass is 291 g/mol. The van der Waals surface area contributed by atoms with Gasteiger partial charge in [-0.3, -0.25) is 14.9 Å². The van der Waals surface area contributed by atoms with Gasteiger partial charge in [-0.25, -0.2) is 4.79 Å². The first-order chi connectivity index (χ1) is 10.0. The molecule has 1 unspecified atom stereocenters. The molecule has 1 atom stereocenters. The van der Waals surface area contributed by atoms with Gasteiger partial charge in [-0.05, 0) is 18.1 Å². The summed E-state index contributed by atoms with van der Waals surface area (Å²) in [7, 11) is 1.43. The molecule has 3 N–H and O–H groups in total. The van der Waals surface area contributed by atoms with Crippen molar-refractivity contribution >= 4 is 23.6 Å². The van der Waals surface area contributed by atoms with Crippen molar-refractivity contribution in [3.8, 4) is 0 Å². The van der Waals surface area contributed by atoms with Crippen molar-refractivity contribution in [2.75, 3.05) is 25.0 Å². The molecule has 112 valence electrons. The molecule has 3 amide bonds. The molecule has 1 aliphatic rings. The number of hydrogen-bond donors (Lipinski definition) is 3. The molecule has 1 aromatic rings. The highest BCUT2D eigenvalue weighted by Crippen LogP contribution is 2.34. The van der Waals surface area contributed by atoms with Crippen LogP contribution >= 0.6 is 0 Å². The lowest BCUT2D eigenvalue weighted by Gasteiger charge is -2.33. The molecule has 21 heavy (non-hydrogen) atoms. The van der Waals surface area contributed by atoms with Gasteiger partial charge in [0.05, 0.1) is 12.5 Å². The number of imide groups is 1. The van der Waals surface area contributed by atoms with Gasteiger partial charge < -0.3 is 15.3 Å². The third-order valence-electron chi connectivity index (χ3n) is 3.45. The number of rotatable bonds is 3. The molecule has 0 aromatic heterocycles. The molecule has 1 aliphatic heterocycles. The minimum absolute atomic E-state index is 0.0107. The van der Waals surface area contributed by atoms with Crippen molar-refractivity contribution < 1.29 is 19.5 Å². The lowest BCUT2D eigenvalue weighted by atomic mass is 9.90. The molecule has 7 heteroatoms. The van der Waals surface area contributed by atoms with Crippen LogP contribution in [-0.2, 0) is 9.59 Å². The zero-order valence-corrected chi connectivity index (χ0v) is 11.6. The Bertz CT molecular complexity index is 573. The van der Waals surface area contributed by atoms with E-state index in [0.29, 0.717) is 18.5 Å². The highest BCUT2D eigenvalue weighted by Gasteiger charge is 2.30. The van der Waals surface area contributed by atoms with Crippen LogP contribution in [0.25, 0.3) is 0 Å². The Labute approximate surface area is 121 Å². The van der Waals surface area contributed by atoms with Crippen LogP contribution in [0.1, 0.15) is 17.9 Å². The van der Waals surface area contributed by atoms with Crippen LogP contribution in [0, 0.1) is 0 Å². The van der Waals surface area contributed by atoms with Crippen LogP contribution in [-0.4, -0.2) is 43.2 Å². The van der Waals surface area contributed by atoms with E-state index < -0.39 is 23.8 Å². The number of carboxylic acid groups (broad SMARTS) is 1. The van der Waals surface area contributed by atoms with Gasteiger partial charge in [0.25, 0.3) is 0 Å². The molecule has 0 fully saturated rings. The molecule has 7 nitrogen and oxygen atoms in total. The van der Waals surface area contributed by atoms with Gasteiger partial charge in [0.15, 0.2) is 0 Å². The first-order valence-corrected chi connectivity index (χ1v) is 6.61. The van der Waals surface area contributed by atoms with E-state index >= 15 is 0 Å². The molecule has 2 rings (SSSR count). The van der Waals surface area contributed by atoms with E-state index in [4.69, 9.17) is 0 Å². The second-order valence-corrected chi connectivity index (χ2v) is 4.79. The van der Waals surface area contributed by atoms with Crippen molar-refractivity contribution in [3.63, 3.8) is 0 Å². The number of carbonyl (C=O) groups excluding carboxylic acids is 2. The topological polar surface area (TPSA) is 98.7 Å². The van der Waals surface area contributed by atoms with E-state index in [0.717, 1.165) is 5.69 Å². The molecule has 1 heterocycles. The Kier molecular flexibility index (Phi) is 4.42. The van der Waals surface area contributed by atoms with E-state index in [9.17, 15) is 19.5 Å². The van der Waals surface area contributed by atoms with Gasteiger partial charge in [-0.2, -0.15) is 0 Å². The smallest absolute Gasteiger partial charge is 0.321 e. The molecular formula is C14H17N3O4. The maximum absolute atomic E-state index is 11.8. The standard InChI is InChI=1S/C14H17N3O4/c1-15-14(21)16-12(18)8-17-7-6-10(13(19)20)9-4-2-3-5-11(9)17/h2-5,10H,6-8H2,1H3,(H,19,20)(H2,15,16,18,21). The average Bonchev–Trinajstić information content (AvgIpc) is 2.47. The number of carboxylic acids is 1. The third-order valence-corrected chi connectivity index (χ3v) is 3.45. The first-order valence-electron chi connectivity index (χ1n) is 6.61. The number of para-hydroxylation sites is 1. The Balaban J connectivity index is 2.16. The number of fused-ring (bicyclic) bond motifs is 1. The normalized spacial score (nSPS) is 16.8. The third kappa shape index (κ3) is 3.31. The SMILES string of the molecule is CNC(=O)NC(=O)CN1CCC(C(=O)O)c2ccccc21. The van der Waals surface area contributed by atoms with Crippen molar-refractivity contribution in [2.24, 2.45) is 0 Å². The van der Waals surface area contributed by atoms with Crippen LogP contribution < -0.4 is 15.5 Å². The summed E-state index contributed by atoms with van der Waals surface area (Å²) >= 11 is 0. The van der Waals surface area contributed by atoms with Crippen molar-refractivity contribution in [1.29, 1.82) is 0 Å². The van der Waals surface area contributed by atoms with Gasteiger partial charge in [0.1, 0.15) is 0 Å². The summed E-state index contributed by atoms with van der Waals surface area (Å²) in [6, 6.07) is 6.57. The van der Waals surface area contributed by atoms with E-state index in [1.807, 2.05) is 0 Å². The van der Waals surface area contributed by atoms with Crippen LogP contribution in [0.3, 0.4) is 0 Å². The quantitative estimate of drug-likeness (QED) is 0.754. The van der Waals surface area contributed by atoms with E-state index in [-0.39, 0.29) is 6.54 Å². The zero-order chi connectivity index (χ0) is 15.4. The Morgan fingerprint density at radius 2 is 2.05 bits per heavy atom. The van der Waals surface area contributed by atoms with Crippen molar-refractivity contribution in [1.82, 2.24) is 10.6 Å². The largest absolute Gasteiger partial charge is 0.481 e. The fourth-order valence-corrected chi connectivity index (χ4v) is 2.45. The lowest BCUT2D eigenvalue weighted by Crippen LogP contribution is -2.45. The second kappa shape index (κ2) is 6.25. The fourth-order valence-electron chi connectivity index (χ4n) is 2.45. The number of benzene rings is 1. The van der Waals surface area contributed by atoms with Gasteiger partial charge in [-0.1, -0.05) is 18.2 Å². The number of carbonyl (C=O) groups is 3. The molecule has 0 spiro atoms. The van der Waals surface area contributed by atoms with Crippen LogP contribution in [0.5, 0.6) is 0 Å². The molecule has 1 aromatic carbocycles. The Morgan fingerprint density at radius 1 is 1.33 bits per heavy atom. The number of aliphatic carboxylic acids is 1. The summed E-state index contributed by atoms with van der Waals surface area (Å²) in [5, 5.41) is 13.8. The minimum Gasteiger partial charge on any atom is -0.481 e. The van der Waals surface area contributed by atoms with Gasteiger partial charge in [0.2, 0.25) is 5.91 Å². The van der Waals surface area contributed by atoms with E-state index in [1.165, 1.54) is 7.05 Å². The lowest BCUT2D eigenvalue weighted by molar-refractivity contribution is -0.139. The number of amides is 3. The summed E-state index contributed by atoms with van der Waals surface area (Å²) in [5.41, 5.74) is 1.42. The van der Waals surface area contributed by atoms with Gasteiger partial charge in [0, 0.05) is 19.3 Å². The molecular weight excluding hydrogens is 274 g/mol. The number of hydrogen-bond acceptors (Lipinski definition) is 4. The van der Waals surface area contributed by atoms with Gasteiger partial charge in [-0.15, -0.1) is 0 Å². The van der Waals surface area contributed by atoms with Gasteiger partial charge >= 0.3 is 12.0 Å². The summed E-state index contributed by atoms with van der Waals surface area (Å²) in [4.78, 5) is 36.0. The molecule has 0 saturated heterocycles. The highest BCUT2D eigenvalue weighted by atomic mass is 16.4. The summed E-state index contributed by atoms with van der Waals surface area (Å²) in [6.07, 6.45) is 0.430. The van der Waals surface area contributed by atoms with E-state index in [1.54, 1.807) is 29.2 Å². The molecule has 0 aliphatic carbocycles. The maximum Gasteiger partial charge on any atom is 0.321 e. The predicted molar refractivity (Wildman–Crippen MR) is 76.2 cm³/mol. The van der Waals surface area contributed by atoms with E-state index in [2.05, 4.69) is 10.6 Å². The van der Waals surface area contributed by atoms with Crippen LogP contribution in [0.2, 0.25) is 0 Å². The summed E-state index contributed by atoms with van der Waals surface area (Å²) in [5.74, 6) is -1.85. The Morgan fingerprint density at radius 3 is 2.71 bits per heavy atom. The Hall–Kier alpha value is -2.57. The summed E-state index contributed by atoms with van der Waals surface area (Å²) < 4.78 is 0. The maximum atomic E-state index is 11.8. The molecule has 0 radical (unpaired) electrons. The fraction of sp³-hybridized carbons (Fsp3) is 0.357. The second-order valence-electron chi connectivity index (χ2n) is 4.79. The van der Waals surface area contributed by atoms with Crippen LogP contribution in [0.15, 0.2) is 24.3 Å². The van der Waals surface area contributed by atoms with Crippen molar-refractivity contribution in [3.05, 3.63) is 29.8 Å². The molecule has 0 saturated carbocycles. The number of nitrogens with one attached hydrogen (secondary N) is 2. The first kappa shape index (κ1) is 14.8. The number of urea groups is 1. The zero-order valence-electron chi connectivity index (χ0n) is 11.6. The number of nitrogens with zero attached hydrogens (tertiary/aromatic N) is 1. The van der Waals surface area contributed by atoms with Crippen LogP contribution in [0.4, 0.5) is 10.5 Å².